The Morgan fingerprint density at radius 2 is 1.07 bits per heavy atom. The molecule has 1 aliphatic rings. The van der Waals surface area contributed by atoms with Crippen LogP contribution in [-0.4, -0.2) is 30.0 Å². The summed E-state index contributed by atoms with van der Waals surface area (Å²) in [5, 5.41) is 0. The van der Waals surface area contributed by atoms with Gasteiger partial charge in [0.05, 0.1) is 13.2 Å². The summed E-state index contributed by atoms with van der Waals surface area (Å²) in [7, 11) is -7.50. The first-order chi connectivity index (χ1) is 13.3. The highest BCUT2D eigenvalue weighted by Gasteiger charge is 2.40. The minimum Gasteiger partial charge on any atom is -0.269 e. The van der Waals surface area contributed by atoms with E-state index < -0.39 is 25.7 Å². The Kier molecular flexibility index (Phi) is 6.54. The van der Waals surface area contributed by atoms with E-state index >= 15 is 0 Å². The van der Waals surface area contributed by atoms with Crippen molar-refractivity contribution in [2.45, 2.75) is 30.8 Å². The summed E-state index contributed by atoms with van der Waals surface area (Å²) in [5.74, 6) is -0.422. The van der Waals surface area contributed by atoms with Crippen molar-refractivity contribution in [3.05, 3.63) is 71.8 Å². The first-order valence-corrected chi connectivity index (χ1v) is 12.3. The van der Waals surface area contributed by atoms with Crippen LogP contribution in [-0.2, 0) is 40.1 Å². The average molecular weight is 425 g/mol. The van der Waals surface area contributed by atoms with Crippen molar-refractivity contribution >= 4 is 20.2 Å². The van der Waals surface area contributed by atoms with E-state index in [0.717, 1.165) is 6.42 Å². The van der Waals surface area contributed by atoms with E-state index in [4.69, 9.17) is 8.37 Å². The lowest BCUT2D eigenvalue weighted by molar-refractivity contribution is 0.0142. The molecule has 3 rings (SSSR count). The molecule has 2 aromatic rings. The summed E-state index contributed by atoms with van der Waals surface area (Å²) in [5.41, 5.74) is 0.715. The Hall–Kier alpha value is -1.74. The van der Waals surface area contributed by atoms with Gasteiger partial charge in [-0.25, -0.2) is 0 Å². The number of hydrogen-bond donors (Lipinski definition) is 0. The molecule has 2 aromatic carbocycles. The standard InChI is InChI=1S/C20H24O6S2/c21-27(22,14-18-8-3-1-4-9-18)25-16-20(12-7-13-20)17-26-28(23,24)15-19-10-5-2-6-11-19/h1-6,8-11H,7,12-17H2. The van der Waals surface area contributed by atoms with Crippen LogP contribution >= 0.6 is 0 Å². The second kappa shape index (κ2) is 8.73. The third kappa shape index (κ3) is 6.13. The Bertz CT molecular complexity index is 888. The molecule has 8 heteroatoms. The van der Waals surface area contributed by atoms with Crippen LogP contribution in [0.4, 0.5) is 0 Å². The fourth-order valence-corrected chi connectivity index (χ4v) is 5.30. The summed E-state index contributed by atoms with van der Waals surface area (Å²) in [6, 6.07) is 17.6. The molecule has 0 bridgehead atoms. The fourth-order valence-electron chi connectivity index (χ4n) is 3.08. The molecule has 1 aliphatic carbocycles. The summed E-state index contributed by atoms with van der Waals surface area (Å²) >= 11 is 0. The van der Waals surface area contributed by atoms with E-state index in [1.54, 1.807) is 48.5 Å². The van der Waals surface area contributed by atoms with E-state index in [-0.39, 0.29) is 24.7 Å². The predicted molar refractivity (Wildman–Crippen MR) is 106 cm³/mol. The van der Waals surface area contributed by atoms with Crippen LogP contribution in [0.15, 0.2) is 60.7 Å². The molecule has 28 heavy (non-hydrogen) atoms. The molecule has 6 nitrogen and oxygen atoms in total. The quantitative estimate of drug-likeness (QED) is 0.544. The lowest BCUT2D eigenvalue weighted by atomic mass is 9.70. The lowest BCUT2D eigenvalue weighted by Crippen LogP contribution is -2.40. The summed E-state index contributed by atoms with van der Waals surface area (Å²) in [6.45, 7) is -0.133. The second-order valence-corrected chi connectivity index (χ2v) is 10.5. The zero-order valence-electron chi connectivity index (χ0n) is 15.5. The van der Waals surface area contributed by atoms with Crippen molar-refractivity contribution in [1.29, 1.82) is 0 Å². The molecule has 1 fully saturated rings. The average Bonchev–Trinajstić information content (AvgIpc) is 2.61. The molecule has 0 atom stereocenters. The van der Waals surface area contributed by atoms with E-state index in [2.05, 4.69) is 0 Å². The zero-order chi connectivity index (χ0) is 20.1. The SMILES string of the molecule is O=S(=O)(Cc1ccccc1)OCC1(COS(=O)(=O)Cc2ccccc2)CCC1. The van der Waals surface area contributed by atoms with Gasteiger partial charge in [0.2, 0.25) is 0 Å². The van der Waals surface area contributed by atoms with E-state index in [9.17, 15) is 16.8 Å². The van der Waals surface area contributed by atoms with Gasteiger partial charge in [0.25, 0.3) is 20.2 Å². The molecule has 0 heterocycles. The number of benzene rings is 2. The van der Waals surface area contributed by atoms with E-state index in [1.807, 2.05) is 12.1 Å². The monoisotopic (exact) mass is 424 g/mol. The highest BCUT2D eigenvalue weighted by Crippen LogP contribution is 2.42. The number of rotatable bonds is 10. The van der Waals surface area contributed by atoms with Gasteiger partial charge in [0, 0.05) is 5.41 Å². The topological polar surface area (TPSA) is 86.7 Å². The molecule has 152 valence electrons. The van der Waals surface area contributed by atoms with Crippen LogP contribution in [0.2, 0.25) is 0 Å². The van der Waals surface area contributed by atoms with Crippen molar-refractivity contribution in [1.82, 2.24) is 0 Å². The molecule has 0 N–H and O–H groups in total. The fraction of sp³-hybridized carbons (Fsp3) is 0.400. The molecule has 0 aromatic heterocycles. The van der Waals surface area contributed by atoms with Gasteiger partial charge in [-0.15, -0.1) is 0 Å². The van der Waals surface area contributed by atoms with Crippen LogP contribution < -0.4 is 0 Å². The Balaban J connectivity index is 1.55. The van der Waals surface area contributed by atoms with Crippen LogP contribution in [0.5, 0.6) is 0 Å². The molecule has 0 amide bonds. The van der Waals surface area contributed by atoms with Crippen molar-refractivity contribution in [3.8, 4) is 0 Å². The molecule has 0 unspecified atom stereocenters. The van der Waals surface area contributed by atoms with Crippen molar-refractivity contribution in [2.24, 2.45) is 5.41 Å². The third-order valence-electron chi connectivity index (χ3n) is 4.88. The minimum absolute atomic E-state index is 0.0664. The van der Waals surface area contributed by atoms with Crippen molar-refractivity contribution in [3.63, 3.8) is 0 Å². The largest absolute Gasteiger partial charge is 0.271 e. The first-order valence-electron chi connectivity index (χ1n) is 9.10. The molecule has 1 saturated carbocycles. The van der Waals surface area contributed by atoms with Crippen LogP contribution in [0.25, 0.3) is 0 Å². The normalized spacial score (nSPS) is 16.4. The van der Waals surface area contributed by atoms with Gasteiger partial charge in [-0.05, 0) is 24.0 Å². The summed E-state index contributed by atoms with van der Waals surface area (Å²) in [6.07, 6.45) is 2.24. The molecule has 0 spiro atoms. The van der Waals surface area contributed by atoms with E-state index in [1.165, 1.54) is 0 Å². The molecular weight excluding hydrogens is 400 g/mol. The predicted octanol–water partition coefficient (Wildman–Crippen LogP) is 3.25. The highest BCUT2D eigenvalue weighted by atomic mass is 32.2. The van der Waals surface area contributed by atoms with Gasteiger partial charge in [0.1, 0.15) is 11.5 Å². The Labute approximate surface area is 166 Å². The van der Waals surface area contributed by atoms with Gasteiger partial charge in [-0.1, -0.05) is 67.1 Å². The van der Waals surface area contributed by atoms with Crippen LogP contribution in [0.1, 0.15) is 30.4 Å². The van der Waals surface area contributed by atoms with Gasteiger partial charge in [-0.2, -0.15) is 16.8 Å². The Morgan fingerprint density at radius 3 is 1.39 bits per heavy atom. The second-order valence-electron chi connectivity index (χ2n) is 7.25. The summed E-state index contributed by atoms with van der Waals surface area (Å²) in [4.78, 5) is 0. The molecule has 0 radical (unpaired) electrons. The zero-order valence-corrected chi connectivity index (χ0v) is 17.1. The van der Waals surface area contributed by atoms with Crippen molar-refractivity contribution in [2.75, 3.05) is 13.2 Å². The maximum atomic E-state index is 12.2. The third-order valence-corrected chi connectivity index (χ3v) is 7.20. The maximum absolute atomic E-state index is 12.2. The Morgan fingerprint density at radius 1 is 0.679 bits per heavy atom. The minimum atomic E-state index is -3.75. The molecule has 0 aliphatic heterocycles. The first kappa shape index (κ1) is 21.0. The van der Waals surface area contributed by atoms with Gasteiger partial charge >= 0.3 is 0 Å². The van der Waals surface area contributed by atoms with Gasteiger partial charge < -0.3 is 0 Å². The maximum Gasteiger partial charge on any atom is 0.271 e. The smallest absolute Gasteiger partial charge is 0.269 e. The van der Waals surface area contributed by atoms with Gasteiger partial charge in [-0.3, -0.25) is 8.37 Å². The molecular formula is C20H24O6S2. The van der Waals surface area contributed by atoms with Gasteiger partial charge in [0.15, 0.2) is 0 Å². The lowest BCUT2D eigenvalue weighted by Gasteiger charge is -2.40. The summed E-state index contributed by atoms with van der Waals surface area (Å²) < 4.78 is 59.4. The van der Waals surface area contributed by atoms with E-state index in [0.29, 0.717) is 24.0 Å². The highest BCUT2D eigenvalue weighted by molar-refractivity contribution is 7.86. The number of hydrogen-bond acceptors (Lipinski definition) is 6. The molecule has 0 saturated heterocycles. The van der Waals surface area contributed by atoms with Crippen molar-refractivity contribution < 1.29 is 25.2 Å². The van der Waals surface area contributed by atoms with Crippen LogP contribution in [0.3, 0.4) is 0 Å². The van der Waals surface area contributed by atoms with Crippen LogP contribution in [0, 0.1) is 5.41 Å².